The third-order valence-electron chi connectivity index (χ3n) is 5.56. The normalized spacial score (nSPS) is 15.6. The van der Waals surface area contributed by atoms with Gasteiger partial charge in [-0.2, -0.15) is 11.8 Å². The minimum Gasteiger partial charge on any atom is -0.443 e. The van der Waals surface area contributed by atoms with Crippen molar-refractivity contribution in [2.24, 2.45) is 11.1 Å². The third-order valence-corrected chi connectivity index (χ3v) is 7.15. The lowest BCUT2D eigenvalue weighted by Crippen LogP contribution is -2.58. The molecule has 0 spiro atoms. The van der Waals surface area contributed by atoms with Gasteiger partial charge in [-0.25, -0.2) is 9.80 Å². The second-order valence-electron chi connectivity index (χ2n) is 11.8. The Morgan fingerprint density at radius 1 is 1.05 bits per heavy atom. The van der Waals surface area contributed by atoms with Gasteiger partial charge in [0.05, 0.1) is 12.1 Å². The number of primary amides is 1. The van der Waals surface area contributed by atoms with Gasteiger partial charge in [0.15, 0.2) is 0 Å². The second kappa shape index (κ2) is 13.5. The number of rotatable bonds is 12. The van der Waals surface area contributed by atoms with Crippen LogP contribution in [0.15, 0.2) is 30.3 Å². The number of ether oxygens (including phenoxy) is 1. The molecule has 5 N–H and O–H groups in total. The lowest BCUT2D eigenvalue weighted by atomic mass is 9.89. The monoisotopic (exact) mass is 538 g/mol. The zero-order chi connectivity index (χ0) is 28.6. The summed E-state index contributed by atoms with van der Waals surface area (Å²) in [7, 11) is 0. The van der Waals surface area contributed by atoms with Crippen LogP contribution in [0.1, 0.15) is 67.9 Å². The van der Waals surface area contributed by atoms with Crippen LogP contribution in [0.2, 0.25) is 0 Å². The molecule has 0 aromatic heterocycles. The summed E-state index contributed by atoms with van der Waals surface area (Å²) in [6, 6.07) is 8.50. The lowest BCUT2D eigenvalue weighted by molar-refractivity contribution is -0.140. The fraction of sp³-hybridized carbons (Fsp3) is 0.667. The molecular weight excluding hydrogens is 492 g/mol. The number of nitrogens with zero attached hydrogens (tertiary/aromatic N) is 1. The smallest absolute Gasteiger partial charge is 0.422 e. The van der Waals surface area contributed by atoms with Gasteiger partial charge in [-0.1, -0.05) is 51.1 Å². The molecule has 3 atom stereocenters. The van der Waals surface area contributed by atoms with E-state index in [2.05, 4.69) is 10.7 Å². The number of hydrazine groups is 1. The Kier molecular flexibility index (Phi) is 11.9. The Hall–Kier alpha value is -2.30. The van der Waals surface area contributed by atoms with Gasteiger partial charge in [0.2, 0.25) is 11.8 Å². The first-order valence-electron chi connectivity index (χ1n) is 12.6. The van der Waals surface area contributed by atoms with E-state index in [9.17, 15) is 19.5 Å². The molecule has 0 radical (unpaired) electrons. The zero-order valence-corrected chi connectivity index (χ0v) is 24.6. The lowest BCUT2D eigenvalue weighted by Gasteiger charge is -2.35. The predicted octanol–water partition coefficient (Wildman–Crippen LogP) is 3.25. The minimum atomic E-state index is -1.47. The van der Waals surface area contributed by atoms with Crippen molar-refractivity contribution in [2.75, 3.05) is 12.3 Å². The molecule has 37 heavy (non-hydrogen) atoms. The summed E-state index contributed by atoms with van der Waals surface area (Å²) in [4.78, 5) is 38.2. The number of aliphatic hydroxyl groups excluding tert-OH is 1. The molecule has 9 nitrogen and oxygen atoms in total. The van der Waals surface area contributed by atoms with Gasteiger partial charge in [0.25, 0.3) is 0 Å². The summed E-state index contributed by atoms with van der Waals surface area (Å²) >= 11 is 1.47. The van der Waals surface area contributed by atoms with Crippen molar-refractivity contribution in [1.82, 2.24) is 15.8 Å². The molecule has 0 saturated heterocycles. The van der Waals surface area contributed by atoms with Crippen molar-refractivity contribution in [3.05, 3.63) is 35.9 Å². The maximum Gasteiger partial charge on any atom is 0.422 e. The van der Waals surface area contributed by atoms with Crippen LogP contribution < -0.4 is 16.5 Å². The van der Waals surface area contributed by atoms with Gasteiger partial charge in [-0.3, -0.25) is 15.0 Å². The average molecular weight is 539 g/mol. The van der Waals surface area contributed by atoms with Crippen molar-refractivity contribution in [1.29, 1.82) is 0 Å². The van der Waals surface area contributed by atoms with Crippen LogP contribution in [-0.2, 0) is 20.7 Å². The van der Waals surface area contributed by atoms with Crippen LogP contribution in [0.4, 0.5) is 4.79 Å². The maximum absolute atomic E-state index is 13.4. The fourth-order valence-electron chi connectivity index (χ4n) is 3.22. The van der Waals surface area contributed by atoms with E-state index >= 15 is 0 Å². The van der Waals surface area contributed by atoms with E-state index in [0.717, 1.165) is 5.56 Å². The van der Waals surface area contributed by atoms with Gasteiger partial charge in [0.1, 0.15) is 11.0 Å². The first kappa shape index (κ1) is 32.7. The van der Waals surface area contributed by atoms with Crippen molar-refractivity contribution in [2.45, 2.75) is 97.3 Å². The number of aliphatic hydroxyl groups is 1. The predicted molar refractivity (Wildman–Crippen MR) is 149 cm³/mol. The number of carbonyl (C=O) groups excluding carboxylic acids is 3. The Labute approximate surface area is 226 Å². The summed E-state index contributed by atoms with van der Waals surface area (Å²) in [5.74, 6) is -1.08. The molecule has 1 rings (SSSR count). The van der Waals surface area contributed by atoms with E-state index in [1.54, 1.807) is 25.8 Å². The highest BCUT2D eigenvalue weighted by molar-refractivity contribution is 8.00. The van der Waals surface area contributed by atoms with Crippen LogP contribution >= 0.6 is 11.8 Å². The highest BCUT2D eigenvalue weighted by Crippen LogP contribution is 2.31. The number of hydrogen-bond acceptors (Lipinski definition) is 7. The van der Waals surface area contributed by atoms with Gasteiger partial charge in [-0.15, -0.1) is 0 Å². The molecule has 0 bridgehead atoms. The number of nitrogens with one attached hydrogen (secondary N) is 2. The Bertz CT molecular complexity index is 898. The first-order chi connectivity index (χ1) is 16.8. The largest absolute Gasteiger partial charge is 0.443 e. The van der Waals surface area contributed by atoms with Crippen LogP contribution in [-0.4, -0.2) is 68.9 Å². The highest BCUT2D eigenvalue weighted by atomic mass is 32.2. The molecule has 0 aliphatic rings. The average Bonchev–Trinajstić information content (AvgIpc) is 2.75. The van der Waals surface area contributed by atoms with Crippen LogP contribution in [0.5, 0.6) is 0 Å². The van der Waals surface area contributed by atoms with E-state index in [-0.39, 0.29) is 23.1 Å². The topological polar surface area (TPSA) is 134 Å². The first-order valence-corrected chi connectivity index (χ1v) is 13.6. The van der Waals surface area contributed by atoms with Gasteiger partial charge in [-0.05, 0) is 53.5 Å². The molecule has 3 amide bonds. The van der Waals surface area contributed by atoms with Crippen molar-refractivity contribution >= 4 is 29.7 Å². The van der Waals surface area contributed by atoms with E-state index < -0.39 is 41.1 Å². The highest BCUT2D eigenvalue weighted by Gasteiger charge is 2.42. The number of nitrogens with two attached hydrogens (primary N) is 1. The molecule has 10 heteroatoms. The molecular formula is C27H46N4O5S. The molecule has 0 aliphatic carbocycles. The second-order valence-corrected chi connectivity index (χ2v) is 13.6. The number of amides is 3. The van der Waals surface area contributed by atoms with Crippen LogP contribution in [0.3, 0.4) is 0 Å². The Balaban J connectivity index is 3.17. The zero-order valence-electron chi connectivity index (χ0n) is 23.8. The summed E-state index contributed by atoms with van der Waals surface area (Å²) in [5.41, 5.74) is 7.11. The summed E-state index contributed by atoms with van der Waals surface area (Å²) in [5, 5.41) is 15.7. The molecule has 0 heterocycles. The fourth-order valence-corrected chi connectivity index (χ4v) is 4.22. The van der Waals surface area contributed by atoms with Gasteiger partial charge < -0.3 is 20.9 Å². The summed E-state index contributed by atoms with van der Waals surface area (Å²) < 4.78 is 5.17. The van der Waals surface area contributed by atoms with Crippen LogP contribution in [0.25, 0.3) is 0 Å². The summed E-state index contributed by atoms with van der Waals surface area (Å²) in [6.45, 7) is 16.6. The van der Waals surface area contributed by atoms with Crippen molar-refractivity contribution in [3.63, 3.8) is 0 Å². The van der Waals surface area contributed by atoms with E-state index in [4.69, 9.17) is 10.5 Å². The standard InChI is InChI=1S/C27H46N4O5S/c1-18(2)31(30-24(35)36-25(3,4)5)16-21(32)20(15-19-13-11-10-12-14-19)29-23(34)27(9,22(28)33)17-37-26(6,7)8/h10-14,18,20-21,32H,15-17H2,1-9H3,(H2,28,33)(H,29,34)(H,30,35)/t20-,21-,27?/m0/s1. The summed E-state index contributed by atoms with van der Waals surface area (Å²) in [6.07, 6.45) is -1.42. The minimum absolute atomic E-state index is 0.0126. The number of thioether (sulfide) groups is 1. The van der Waals surface area contributed by atoms with E-state index in [1.165, 1.54) is 18.7 Å². The molecule has 210 valence electrons. The molecule has 1 aromatic carbocycles. The number of benzene rings is 1. The SMILES string of the molecule is CC(C)N(C[C@H](O)[C@H](Cc1ccccc1)NC(=O)C(C)(CSC(C)(C)C)C(N)=O)NC(=O)OC(C)(C)C. The number of carbonyl (C=O) groups is 3. The van der Waals surface area contributed by atoms with E-state index in [0.29, 0.717) is 6.42 Å². The Morgan fingerprint density at radius 3 is 2.08 bits per heavy atom. The molecule has 1 aromatic rings. The molecule has 0 fully saturated rings. The van der Waals surface area contributed by atoms with E-state index in [1.807, 2.05) is 65.0 Å². The molecule has 0 aliphatic heterocycles. The molecule has 1 unspecified atom stereocenters. The number of hydrogen-bond donors (Lipinski definition) is 4. The quantitative estimate of drug-likeness (QED) is 0.237. The van der Waals surface area contributed by atoms with Crippen molar-refractivity contribution < 1.29 is 24.2 Å². The van der Waals surface area contributed by atoms with Crippen molar-refractivity contribution in [3.8, 4) is 0 Å². The maximum atomic E-state index is 13.4. The van der Waals surface area contributed by atoms with Gasteiger partial charge >= 0.3 is 6.09 Å². The van der Waals surface area contributed by atoms with Crippen LogP contribution in [0, 0.1) is 5.41 Å². The third kappa shape index (κ3) is 11.7. The molecule has 0 saturated carbocycles. The van der Waals surface area contributed by atoms with Gasteiger partial charge in [0, 0.05) is 23.1 Å². The Morgan fingerprint density at radius 2 is 1.62 bits per heavy atom.